The number of carbonyl (C=O) groups excluding carboxylic acids is 2. The van der Waals surface area contributed by atoms with E-state index in [1.54, 1.807) is 33.5 Å². The lowest BCUT2D eigenvalue weighted by atomic mass is 10.1. The van der Waals surface area contributed by atoms with Gasteiger partial charge in [-0.25, -0.2) is 9.67 Å². The first-order valence-corrected chi connectivity index (χ1v) is 11.7. The standard InChI is InChI=1S/C24H22N6O3S/c1-13-3-8-19(14(2)9-13)30-22-18(11-26-30)23(33)29-17(12-34-24(29)28-22)10-20(31)27-16-6-4-15(5-7-16)21(25)32/h3-9,11,17H,10,12H2,1-2H3,(H2,25,32)(H,27,31). The minimum absolute atomic E-state index is 0.121. The summed E-state index contributed by atoms with van der Waals surface area (Å²) in [4.78, 5) is 41.9. The molecule has 0 spiro atoms. The molecule has 0 aliphatic carbocycles. The molecule has 3 N–H and O–H groups in total. The van der Waals surface area contributed by atoms with Gasteiger partial charge in [0.15, 0.2) is 10.8 Å². The fourth-order valence-corrected chi connectivity index (χ4v) is 5.27. The summed E-state index contributed by atoms with van der Waals surface area (Å²) < 4.78 is 3.29. The Morgan fingerprint density at radius 3 is 2.65 bits per heavy atom. The van der Waals surface area contributed by atoms with Crippen molar-refractivity contribution in [1.82, 2.24) is 19.3 Å². The predicted molar refractivity (Wildman–Crippen MR) is 131 cm³/mol. The second-order valence-electron chi connectivity index (χ2n) is 8.31. The van der Waals surface area contributed by atoms with Crippen molar-refractivity contribution in [1.29, 1.82) is 0 Å². The highest BCUT2D eigenvalue weighted by molar-refractivity contribution is 7.99. The molecule has 2 amide bonds. The summed E-state index contributed by atoms with van der Waals surface area (Å²) >= 11 is 1.45. The Hall–Kier alpha value is -3.92. The molecule has 2 aromatic heterocycles. The van der Waals surface area contributed by atoms with Gasteiger partial charge in [-0.3, -0.25) is 19.0 Å². The van der Waals surface area contributed by atoms with Crippen LogP contribution in [0, 0.1) is 13.8 Å². The van der Waals surface area contributed by atoms with Gasteiger partial charge in [0, 0.05) is 23.4 Å². The molecule has 0 radical (unpaired) electrons. The molecule has 2 aromatic carbocycles. The number of rotatable bonds is 5. The Labute approximate surface area is 199 Å². The Bertz CT molecular complexity index is 1510. The topological polar surface area (TPSA) is 125 Å². The lowest BCUT2D eigenvalue weighted by Gasteiger charge is -2.14. The van der Waals surface area contributed by atoms with Crippen molar-refractivity contribution in [2.45, 2.75) is 31.5 Å². The average Bonchev–Trinajstić information content (AvgIpc) is 3.39. The molecule has 1 aliphatic rings. The van der Waals surface area contributed by atoms with Crippen LogP contribution >= 0.6 is 11.8 Å². The zero-order chi connectivity index (χ0) is 24.0. The molecular formula is C24H22N6O3S. The van der Waals surface area contributed by atoms with Gasteiger partial charge in [0.05, 0.1) is 17.9 Å². The molecule has 1 aliphatic heterocycles. The van der Waals surface area contributed by atoms with Crippen LogP contribution in [0.25, 0.3) is 16.7 Å². The lowest BCUT2D eigenvalue weighted by molar-refractivity contribution is -0.116. The summed E-state index contributed by atoms with van der Waals surface area (Å²) in [5, 5.41) is 8.24. The van der Waals surface area contributed by atoms with E-state index in [0.717, 1.165) is 16.8 Å². The minimum atomic E-state index is -0.531. The highest BCUT2D eigenvalue weighted by Gasteiger charge is 2.29. The van der Waals surface area contributed by atoms with Crippen LogP contribution in [0.15, 0.2) is 58.6 Å². The molecule has 0 fully saturated rings. The van der Waals surface area contributed by atoms with Crippen molar-refractivity contribution in [2.75, 3.05) is 11.1 Å². The summed E-state index contributed by atoms with van der Waals surface area (Å²) in [6.45, 7) is 4.03. The number of benzene rings is 2. The quantitative estimate of drug-likeness (QED) is 0.429. The monoisotopic (exact) mass is 474 g/mol. The third kappa shape index (κ3) is 3.86. The van der Waals surface area contributed by atoms with E-state index in [1.165, 1.54) is 18.0 Å². The van der Waals surface area contributed by atoms with Gasteiger partial charge in [-0.1, -0.05) is 29.5 Å². The Morgan fingerprint density at radius 2 is 1.94 bits per heavy atom. The molecule has 0 bridgehead atoms. The van der Waals surface area contributed by atoms with E-state index in [0.29, 0.717) is 33.2 Å². The first kappa shape index (κ1) is 21.9. The van der Waals surface area contributed by atoms with Crippen LogP contribution in [0.4, 0.5) is 5.69 Å². The molecule has 1 unspecified atom stereocenters. The Morgan fingerprint density at radius 1 is 1.18 bits per heavy atom. The maximum Gasteiger partial charge on any atom is 0.265 e. The van der Waals surface area contributed by atoms with Crippen LogP contribution in [0.5, 0.6) is 0 Å². The average molecular weight is 475 g/mol. The number of anilines is 1. The molecule has 172 valence electrons. The van der Waals surface area contributed by atoms with E-state index in [2.05, 4.69) is 16.5 Å². The van der Waals surface area contributed by atoms with Gasteiger partial charge in [0.1, 0.15) is 5.39 Å². The lowest BCUT2D eigenvalue weighted by Crippen LogP contribution is -2.27. The van der Waals surface area contributed by atoms with Gasteiger partial charge in [-0.05, 0) is 49.7 Å². The largest absolute Gasteiger partial charge is 0.366 e. The molecule has 1 atom stereocenters. The van der Waals surface area contributed by atoms with Crippen molar-refractivity contribution in [2.24, 2.45) is 5.73 Å². The number of nitrogens with two attached hydrogens (primary N) is 1. The number of primary amides is 1. The van der Waals surface area contributed by atoms with Gasteiger partial charge < -0.3 is 11.1 Å². The molecule has 3 heterocycles. The van der Waals surface area contributed by atoms with Crippen molar-refractivity contribution in [3.8, 4) is 5.69 Å². The van der Waals surface area contributed by atoms with E-state index < -0.39 is 5.91 Å². The van der Waals surface area contributed by atoms with Crippen LogP contribution in [-0.4, -0.2) is 36.9 Å². The van der Waals surface area contributed by atoms with Crippen molar-refractivity contribution in [3.05, 3.63) is 75.7 Å². The molecular weight excluding hydrogens is 452 g/mol. The van der Waals surface area contributed by atoms with Gasteiger partial charge >= 0.3 is 0 Å². The van der Waals surface area contributed by atoms with Crippen LogP contribution in [-0.2, 0) is 4.79 Å². The van der Waals surface area contributed by atoms with E-state index in [1.807, 2.05) is 26.0 Å². The van der Waals surface area contributed by atoms with Gasteiger partial charge in [0.2, 0.25) is 11.8 Å². The van der Waals surface area contributed by atoms with E-state index >= 15 is 0 Å². The number of nitrogens with zero attached hydrogens (tertiary/aromatic N) is 4. The smallest absolute Gasteiger partial charge is 0.265 e. The van der Waals surface area contributed by atoms with Gasteiger partial charge in [-0.15, -0.1) is 0 Å². The number of aromatic nitrogens is 4. The van der Waals surface area contributed by atoms with E-state index in [4.69, 9.17) is 10.7 Å². The van der Waals surface area contributed by atoms with Crippen LogP contribution in [0.2, 0.25) is 0 Å². The third-order valence-electron chi connectivity index (χ3n) is 5.83. The molecule has 5 rings (SSSR count). The summed E-state index contributed by atoms with van der Waals surface area (Å²) in [6.07, 6.45) is 1.66. The maximum atomic E-state index is 13.3. The number of hydrogen-bond acceptors (Lipinski definition) is 6. The normalized spacial score (nSPS) is 14.8. The first-order chi connectivity index (χ1) is 16.3. The number of thioether (sulfide) groups is 1. The van der Waals surface area contributed by atoms with Crippen LogP contribution in [0.3, 0.4) is 0 Å². The van der Waals surface area contributed by atoms with Crippen molar-refractivity contribution in [3.63, 3.8) is 0 Å². The molecule has 4 aromatic rings. The highest BCUT2D eigenvalue weighted by Crippen LogP contribution is 2.33. The molecule has 0 saturated heterocycles. The van der Waals surface area contributed by atoms with Crippen LogP contribution < -0.4 is 16.6 Å². The molecule has 0 saturated carbocycles. The van der Waals surface area contributed by atoms with Gasteiger partial charge in [0.25, 0.3) is 5.56 Å². The number of nitrogens with one attached hydrogen (secondary N) is 1. The summed E-state index contributed by atoms with van der Waals surface area (Å²) in [5.74, 6) is -0.195. The van der Waals surface area contributed by atoms with Gasteiger partial charge in [-0.2, -0.15) is 5.10 Å². The SMILES string of the molecule is Cc1ccc(-n2ncc3c(=O)n4c(nc32)SCC4CC(=O)Nc2ccc(C(N)=O)cc2)c(C)c1. The summed E-state index contributed by atoms with van der Waals surface area (Å²) in [7, 11) is 0. The number of aryl methyl sites for hydroxylation is 2. The fraction of sp³-hybridized carbons (Fsp3) is 0.208. The highest BCUT2D eigenvalue weighted by atomic mass is 32.2. The molecule has 10 heteroatoms. The number of amides is 2. The van der Waals surface area contributed by atoms with E-state index in [9.17, 15) is 14.4 Å². The van der Waals surface area contributed by atoms with E-state index in [-0.39, 0.29) is 23.9 Å². The Balaban J connectivity index is 1.41. The number of hydrogen-bond donors (Lipinski definition) is 2. The molecule has 34 heavy (non-hydrogen) atoms. The first-order valence-electron chi connectivity index (χ1n) is 10.7. The number of carbonyl (C=O) groups is 2. The maximum absolute atomic E-state index is 13.3. The minimum Gasteiger partial charge on any atom is -0.366 e. The second-order valence-corrected chi connectivity index (χ2v) is 9.30. The Kier molecular flexibility index (Phi) is 5.45. The predicted octanol–water partition coefficient (Wildman–Crippen LogP) is 2.97. The zero-order valence-corrected chi connectivity index (χ0v) is 19.4. The number of fused-ring (bicyclic) bond motifs is 2. The van der Waals surface area contributed by atoms with Crippen molar-refractivity contribution >= 4 is 40.3 Å². The second kappa shape index (κ2) is 8.45. The summed E-state index contributed by atoms with van der Waals surface area (Å²) in [6, 6.07) is 12.1. The van der Waals surface area contributed by atoms with Crippen LogP contribution in [0.1, 0.15) is 33.9 Å². The zero-order valence-electron chi connectivity index (χ0n) is 18.6. The summed E-state index contributed by atoms with van der Waals surface area (Å²) in [5.41, 5.74) is 9.53. The fourth-order valence-electron chi connectivity index (χ4n) is 4.14. The third-order valence-corrected chi connectivity index (χ3v) is 6.92. The van der Waals surface area contributed by atoms with Crippen molar-refractivity contribution < 1.29 is 9.59 Å². The molecule has 9 nitrogen and oxygen atoms in total.